The van der Waals surface area contributed by atoms with Crippen molar-refractivity contribution in [2.24, 2.45) is 0 Å². The molecule has 0 aliphatic carbocycles. The zero-order valence-electron chi connectivity index (χ0n) is 12.4. The lowest BCUT2D eigenvalue weighted by atomic mass is 9.99. The van der Waals surface area contributed by atoms with Gasteiger partial charge in [0.15, 0.2) is 0 Å². The van der Waals surface area contributed by atoms with Crippen LogP contribution in [0, 0.1) is 6.92 Å². The zero-order chi connectivity index (χ0) is 15.6. The quantitative estimate of drug-likeness (QED) is 0.776. The van der Waals surface area contributed by atoms with Crippen LogP contribution in [0.25, 0.3) is 0 Å². The summed E-state index contributed by atoms with van der Waals surface area (Å²) in [6.07, 6.45) is 0.717. The highest BCUT2D eigenvalue weighted by Gasteiger charge is 2.23. The molecule has 0 saturated heterocycles. The highest BCUT2D eigenvalue weighted by atomic mass is 32.2. The lowest BCUT2D eigenvalue weighted by Crippen LogP contribution is -2.10. The lowest BCUT2D eigenvalue weighted by molar-refractivity contribution is 0.304. The van der Waals surface area contributed by atoms with Crippen LogP contribution in [-0.4, -0.2) is 20.8 Å². The molecule has 0 bridgehead atoms. The predicted octanol–water partition coefficient (Wildman–Crippen LogP) is 3.98. The first-order valence-electron chi connectivity index (χ1n) is 7.24. The molecule has 116 valence electrons. The fraction of sp³-hybridized carbons (Fsp3) is 0.294. The lowest BCUT2D eigenvalue weighted by Gasteiger charge is -2.11. The summed E-state index contributed by atoms with van der Waals surface area (Å²) in [5.74, 6) is 1.36. The fourth-order valence-electron chi connectivity index (χ4n) is 2.54. The fourth-order valence-corrected chi connectivity index (χ4v) is 4.77. The van der Waals surface area contributed by atoms with Crippen molar-refractivity contribution in [3.05, 3.63) is 59.7 Å². The smallest absolute Gasteiger partial charge is 0.266 e. The normalized spacial score (nSPS) is 17.4. The third-order valence-electron chi connectivity index (χ3n) is 3.81. The van der Waals surface area contributed by atoms with Gasteiger partial charge in [-0.25, -0.2) is 0 Å². The second kappa shape index (κ2) is 6.44. The van der Waals surface area contributed by atoms with Crippen molar-refractivity contribution in [2.75, 3.05) is 12.4 Å². The summed E-state index contributed by atoms with van der Waals surface area (Å²) in [4.78, 5) is 1.52. The van der Waals surface area contributed by atoms with Gasteiger partial charge in [0.05, 0.1) is 11.5 Å². The van der Waals surface area contributed by atoms with E-state index < -0.39 is 10.1 Å². The Morgan fingerprint density at radius 1 is 1.14 bits per heavy atom. The van der Waals surface area contributed by atoms with Crippen LogP contribution >= 0.6 is 11.8 Å². The Bertz CT molecular complexity index is 752. The van der Waals surface area contributed by atoms with Crippen molar-refractivity contribution in [3.8, 4) is 0 Å². The van der Waals surface area contributed by atoms with Gasteiger partial charge in [-0.1, -0.05) is 35.9 Å². The first kappa shape index (κ1) is 15.6. The number of benzene rings is 2. The molecule has 0 saturated carbocycles. The van der Waals surface area contributed by atoms with Crippen molar-refractivity contribution in [2.45, 2.75) is 29.1 Å². The Morgan fingerprint density at radius 2 is 1.86 bits per heavy atom. The van der Waals surface area contributed by atoms with E-state index in [1.807, 2.05) is 30.8 Å². The van der Waals surface area contributed by atoms with Crippen molar-refractivity contribution in [3.63, 3.8) is 0 Å². The molecule has 0 N–H and O–H groups in total. The van der Waals surface area contributed by atoms with Crippen LogP contribution in [0.1, 0.15) is 23.5 Å². The van der Waals surface area contributed by atoms with E-state index in [-0.39, 0.29) is 11.5 Å². The third-order valence-corrected chi connectivity index (χ3v) is 6.39. The topological polar surface area (TPSA) is 43.4 Å². The first-order chi connectivity index (χ1) is 10.6. The van der Waals surface area contributed by atoms with Crippen LogP contribution in [0.3, 0.4) is 0 Å². The number of thioether (sulfide) groups is 1. The van der Waals surface area contributed by atoms with Gasteiger partial charge in [0, 0.05) is 10.6 Å². The van der Waals surface area contributed by atoms with Crippen LogP contribution in [0.4, 0.5) is 0 Å². The van der Waals surface area contributed by atoms with Crippen molar-refractivity contribution in [1.82, 2.24) is 0 Å². The van der Waals surface area contributed by atoms with Gasteiger partial charge in [-0.05, 0) is 43.0 Å². The molecule has 1 aliphatic heterocycles. The van der Waals surface area contributed by atoms with E-state index in [1.165, 1.54) is 10.5 Å². The summed E-state index contributed by atoms with van der Waals surface area (Å²) in [6.45, 7) is 2.14. The molecule has 0 fully saturated rings. The molecule has 0 radical (unpaired) electrons. The minimum absolute atomic E-state index is 0.218. The number of aryl methyl sites for hydroxylation is 1. The molecule has 22 heavy (non-hydrogen) atoms. The summed E-state index contributed by atoms with van der Waals surface area (Å²) < 4.78 is 29.5. The minimum atomic E-state index is -3.65. The predicted molar refractivity (Wildman–Crippen MR) is 88.8 cm³/mol. The largest absolute Gasteiger partial charge is 0.296 e. The number of hydrogen-bond acceptors (Lipinski definition) is 4. The standard InChI is InChI=1S/C17H18O3S2/c1-13-6-8-15(9-7-13)22(18,19)20-11-10-14-12-21-17-5-3-2-4-16(14)17/h2-9,14H,10-12H2,1H3. The summed E-state index contributed by atoms with van der Waals surface area (Å²) in [7, 11) is -3.65. The van der Waals surface area contributed by atoms with E-state index in [9.17, 15) is 8.42 Å². The Labute approximate surface area is 135 Å². The summed E-state index contributed by atoms with van der Waals surface area (Å²) in [6, 6.07) is 15.0. The molecule has 0 spiro atoms. The average molecular weight is 334 g/mol. The SMILES string of the molecule is Cc1ccc(S(=O)(=O)OCCC2CSc3ccccc32)cc1. The van der Waals surface area contributed by atoms with Crippen molar-refractivity contribution >= 4 is 21.9 Å². The number of fused-ring (bicyclic) bond motifs is 1. The van der Waals surface area contributed by atoms with Crippen LogP contribution in [0.5, 0.6) is 0 Å². The van der Waals surface area contributed by atoms with E-state index in [0.717, 1.165) is 17.7 Å². The Morgan fingerprint density at radius 3 is 2.64 bits per heavy atom. The first-order valence-corrected chi connectivity index (χ1v) is 9.63. The Hall–Kier alpha value is -1.30. The number of rotatable bonds is 5. The van der Waals surface area contributed by atoms with E-state index in [0.29, 0.717) is 5.92 Å². The molecule has 2 aromatic carbocycles. The molecule has 1 heterocycles. The molecule has 0 aromatic heterocycles. The van der Waals surface area contributed by atoms with Gasteiger partial charge in [0.25, 0.3) is 10.1 Å². The van der Waals surface area contributed by atoms with E-state index in [1.54, 1.807) is 24.3 Å². The molecule has 1 aliphatic rings. The maximum absolute atomic E-state index is 12.1. The molecule has 1 unspecified atom stereocenters. The van der Waals surface area contributed by atoms with Crippen LogP contribution in [0.2, 0.25) is 0 Å². The molecular formula is C17H18O3S2. The second-order valence-electron chi connectivity index (χ2n) is 5.42. The van der Waals surface area contributed by atoms with E-state index in [2.05, 4.69) is 12.1 Å². The van der Waals surface area contributed by atoms with Crippen LogP contribution in [-0.2, 0) is 14.3 Å². The van der Waals surface area contributed by atoms with Gasteiger partial charge in [-0.15, -0.1) is 11.8 Å². The van der Waals surface area contributed by atoms with Crippen LogP contribution in [0.15, 0.2) is 58.3 Å². The molecule has 3 rings (SSSR count). The van der Waals surface area contributed by atoms with Gasteiger partial charge in [0.1, 0.15) is 0 Å². The van der Waals surface area contributed by atoms with Crippen molar-refractivity contribution in [1.29, 1.82) is 0 Å². The minimum Gasteiger partial charge on any atom is -0.266 e. The van der Waals surface area contributed by atoms with E-state index in [4.69, 9.17) is 4.18 Å². The van der Waals surface area contributed by atoms with Gasteiger partial charge in [0.2, 0.25) is 0 Å². The summed E-state index contributed by atoms with van der Waals surface area (Å²) in [5, 5.41) is 0. The van der Waals surface area contributed by atoms with Gasteiger partial charge in [-0.3, -0.25) is 4.18 Å². The summed E-state index contributed by atoms with van der Waals surface area (Å²) >= 11 is 1.83. The van der Waals surface area contributed by atoms with Crippen LogP contribution < -0.4 is 0 Å². The highest BCUT2D eigenvalue weighted by molar-refractivity contribution is 7.99. The molecule has 1 atom stereocenters. The van der Waals surface area contributed by atoms with Gasteiger partial charge >= 0.3 is 0 Å². The average Bonchev–Trinajstić information content (AvgIpc) is 2.91. The van der Waals surface area contributed by atoms with Gasteiger partial charge < -0.3 is 0 Å². The maximum Gasteiger partial charge on any atom is 0.296 e. The monoisotopic (exact) mass is 334 g/mol. The van der Waals surface area contributed by atoms with E-state index >= 15 is 0 Å². The second-order valence-corrected chi connectivity index (χ2v) is 8.10. The van der Waals surface area contributed by atoms with Crippen molar-refractivity contribution < 1.29 is 12.6 Å². The highest BCUT2D eigenvalue weighted by Crippen LogP contribution is 2.40. The number of hydrogen-bond donors (Lipinski definition) is 0. The third kappa shape index (κ3) is 3.37. The molecule has 2 aromatic rings. The molecule has 0 amide bonds. The Kier molecular flexibility index (Phi) is 4.57. The van der Waals surface area contributed by atoms with Gasteiger partial charge in [-0.2, -0.15) is 8.42 Å². The zero-order valence-corrected chi connectivity index (χ0v) is 14.0. The Balaban J connectivity index is 1.60. The molecular weight excluding hydrogens is 316 g/mol. The summed E-state index contributed by atoms with van der Waals surface area (Å²) in [5.41, 5.74) is 2.34. The maximum atomic E-state index is 12.1. The molecule has 5 heteroatoms. The molecule has 3 nitrogen and oxygen atoms in total.